The van der Waals surface area contributed by atoms with Crippen LogP contribution in [-0.4, -0.2) is 5.75 Å². The van der Waals surface area contributed by atoms with Crippen LogP contribution in [0.5, 0.6) is 11.5 Å². The Morgan fingerprint density at radius 1 is 1.00 bits per heavy atom. The van der Waals surface area contributed by atoms with Crippen LogP contribution >= 0.6 is 11.8 Å². The zero-order chi connectivity index (χ0) is 12.6. The Morgan fingerprint density at radius 2 is 1.78 bits per heavy atom. The highest BCUT2D eigenvalue weighted by atomic mass is 32.2. The molecule has 0 aliphatic rings. The molecule has 0 saturated carbocycles. The SMILES string of the molecule is C#CCSCc1cccc(Oc2ccccc2)c1. The monoisotopic (exact) mass is 254 g/mol. The molecule has 0 atom stereocenters. The van der Waals surface area contributed by atoms with E-state index in [9.17, 15) is 0 Å². The van der Waals surface area contributed by atoms with E-state index < -0.39 is 0 Å². The molecule has 0 spiro atoms. The maximum absolute atomic E-state index is 5.78. The van der Waals surface area contributed by atoms with E-state index in [0.717, 1.165) is 23.0 Å². The predicted octanol–water partition coefficient (Wildman–Crippen LogP) is 4.35. The Morgan fingerprint density at radius 3 is 2.56 bits per heavy atom. The summed E-state index contributed by atoms with van der Waals surface area (Å²) in [6.07, 6.45) is 5.23. The number of rotatable bonds is 5. The van der Waals surface area contributed by atoms with Gasteiger partial charge >= 0.3 is 0 Å². The van der Waals surface area contributed by atoms with Crippen LogP contribution in [0.1, 0.15) is 5.56 Å². The summed E-state index contributed by atoms with van der Waals surface area (Å²) < 4.78 is 5.78. The third-order valence-electron chi connectivity index (χ3n) is 2.33. The smallest absolute Gasteiger partial charge is 0.127 e. The summed E-state index contributed by atoms with van der Waals surface area (Å²) in [5.41, 5.74) is 1.23. The Kier molecular flexibility index (Phi) is 4.75. The first kappa shape index (κ1) is 12.6. The number of ether oxygens (including phenoxy) is 1. The van der Waals surface area contributed by atoms with Crippen LogP contribution in [0.2, 0.25) is 0 Å². The fraction of sp³-hybridized carbons (Fsp3) is 0.125. The van der Waals surface area contributed by atoms with Gasteiger partial charge in [-0.3, -0.25) is 0 Å². The minimum absolute atomic E-state index is 0.740. The lowest BCUT2D eigenvalue weighted by atomic mass is 10.2. The molecule has 0 radical (unpaired) electrons. The van der Waals surface area contributed by atoms with Crippen molar-refractivity contribution in [1.29, 1.82) is 0 Å². The Bertz CT molecular complexity index is 528. The molecule has 0 aliphatic heterocycles. The van der Waals surface area contributed by atoms with Crippen molar-refractivity contribution in [1.82, 2.24) is 0 Å². The van der Waals surface area contributed by atoms with Gasteiger partial charge in [0, 0.05) is 5.75 Å². The number of terminal acetylenes is 1. The van der Waals surface area contributed by atoms with Gasteiger partial charge < -0.3 is 4.74 Å². The van der Waals surface area contributed by atoms with E-state index in [4.69, 9.17) is 11.2 Å². The molecule has 18 heavy (non-hydrogen) atoms. The standard InChI is InChI=1S/C16H14OS/c1-2-11-18-13-14-7-6-10-16(12-14)17-15-8-4-3-5-9-15/h1,3-10,12H,11,13H2. The molecule has 0 heterocycles. The summed E-state index contributed by atoms with van der Waals surface area (Å²) in [5.74, 6) is 5.99. The molecule has 2 aromatic carbocycles. The number of thioether (sulfide) groups is 1. The molecule has 0 aromatic heterocycles. The summed E-state index contributed by atoms with van der Waals surface area (Å²) in [6.45, 7) is 0. The number of benzene rings is 2. The third kappa shape index (κ3) is 3.87. The molecule has 2 aromatic rings. The lowest BCUT2D eigenvalue weighted by molar-refractivity contribution is 0.482. The second-order valence-corrected chi connectivity index (χ2v) is 4.75. The first-order valence-electron chi connectivity index (χ1n) is 5.71. The van der Waals surface area contributed by atoms with E-state index in [0.29, 0.717) is 0 Å². The molecular weight excluding hydrogens is 240 g/mol. The number of para-hydroxylation sites is 1. The summed E-state index contributed by atoms with van der Waals surface area (Å²) in [5, 5.41) is 0. The van der Waals surface area contributed by atoms with Crippen molar-refractivity contribution in [3.63, 3.8) is 0 Å². The Balaban J connectivity index is 2.01. The van der Waals surface area contributed by atoms with Crippen LogP contribution < -0.4 is 4.74 Å². The topological polar surface area (TPSA) is 9.23 Å². The second kappa shape index (κ2) is 6.78. The number of hydrogen-bond donors (Lipinski definition) is 0. The Labute approximate surface area is 112 Å². The molecule has 0 saturated heterocycles. The average Bonchev–Trinajstić information content (AvgIpc) is 2.41. The summed E-state index contributed by atoms with van der Waals surface area (Å²) >= 11 is 1.73. The van der Waals surface area contributed by atoms with Gasteiger partial charge in [0.2, 0.25) is 0 Å². The molecule has 0 N–H and O–H groups in total. The van der Waals surface area contributed by atoms with Crippen LogP contribution in [0, 0.1) is 12.3 Å². The Hall–Kier alpha value is -1.85. The van der Waals surface area contributed by atoms with Crippen LogP contribution in [0.15, 0.2) is 54.6 Å². The lowest BCUT2D eigenvalue weighted by Gasteiger charge is -2.07. The van der Waals surface area contributed by atoms with Crippen molar-refractivity contribution in [3.8, 4) is 23.8 Å². The molecular formula is C16H14OS. The molecule has 0 amide bonds. The fourth-order valence-corrected chi connectivity index (χ4v) is 2.19. The van der Waals surface area contributed by atoms with Gasteiger partial charge in [0.15, 0.2) is 0 Å². The van der Waals surface area contributed by atoms with E-state index in [1.807, 2.05) is 42.5 Å². The van der Waals surface area contributed by atoms with Crippen molar-refractivity contribution in [2.24, 2.45) is 0 Å². The zero-order valence-corrected chi connectivity index (χ0v) is 10.8. The van der Waals surface area contributed by atoms with E-state index >= 15 is 0 Å². The van der Waals surface area contributed by atoms with Crippen molar-refractivity contribution in [2.45, 2.75) is 5.75 Å². The highest BCUT2D eigenvalue weighted by Crippen LogP contribution is 2.23. The van der Waals surface area contributed by atoms with Crippen molar-refractivity contribution in [3.05, 3.63) is 60.2 Å². The van der Waals surface area contributed by atoms with Gasteiger partial charge in [-0.15, -0.1) is 18.2 Å². The van der Waals surface area contributed by atoms with Gasteiger partial charge in [-0.05, 0) is 29.8 Å². The van der Waals surface area contributed by atoms with Gasteiger partial charge in [0.05, 0.1) is 5.75 Å². The maximum Gasteiger partial charge on any atom is 0.127 e. The van der Waals surface area contributed by atoms with Gasteiger partial charge in [0.1, 0.15) is 11.5 Å². The van der Waals surface area contributed by atoms with E-state index in [1.54, 1.807) is 11.8 Å². The van der Waals surface area contributed by atoms with E-state index in [-0.39, 0.29) is 0 Å². The molecule has 0 aliphatic carbocycles. The van der Waals surface area contributed by atoms with Crippen molar-refractivity contribution >= 4 is 11.8 Å². The molecule has 90 valence electrons. The van der Waals surface area contributed by atoms with Crippen LogP contribution in [-0.2, 0) is 5.75 Å². The van der Waals surface area contributed by atoms with Gasteiger partial charge in [-0.25, -0.2) is 0 Å². The van der Waals surface area contributed by atoms with Crippen LogP contribution in [0.4, 0.5) is 0 Å². The first-order chi connectivity index (χ1) is 8.88. The minimum Gasteiger partial charge on any atom is -0.457 e. The fourth-order valence-electron chi connectivity index (χ4n) is 1.55. The quantitative estimate of drug-likeness (QED) is 0.579. The van der Waals surface area contributed by atoms with Gasteiger partial charge in [-0.1, -0.05) is 36.3 Å². The van der Waals surface area contributed by atoms with Crippen LogP contribution in [0.3, 0.4) is 0 Å². The summed E-state index contributed by atoms with van der Waals surface area (Å²) in [7, 11) is 0. The molecule has 0 bridgehead atoms. The lowest BCUT2D eigenvalue weighted by Crippen LogP contribution is -1.86. The van der Waals surface area contributed by atoms with E-state index in [1.165, 1.54) is 5.56 Å². The zero-order valence-electron chi connectivity index (χ0n) is 10.0. The minimum atomic E-state index is 0.740. The van der Waals surface area contributed by atoms with Crippen LogP contribution in [0.25, 0.3) is 0 Å². The van der Waals surface area contributed by atoms with Gasteiger partial charge in [0.25, 0.3) is 0 Å². The normalized spacial score (nSPS) is 9.72. The van der Waals surface area contributed by atoms with Gasteiger partial charge in [-0.2, -0.15) is 0 Å². The van der Waals surface area contributed by atoms with Crippen molar-refractivity contribution in [2.75, 3.05) is 5.75 Å². The first-order valence-corrected chi connectivity index (χ1v) is 6.87. The molecule has 1 nitrogen and oxygen atoms in total. The molecule has 0 fully saturated rings. The second-order valence-electron chi connectivity index (χ2n) is 3.76. The maximum atomic E-state index is 5.78. The van der Waals surface area contributed by atoms with E-state index in [2.05, 4.69) is 18.1 Å². The largest absolute Gasteiger partial charge is 0.457 e. The number of hydrogen-bond acceptors (Lipinski definition) is 2. The van der Waals surface area contributed by atoms with Crippen molar-refractivity contribution < 1.29 is 4.74 Å². The molecule has 2 heteroatoms. The third-order valence-corrected chi connectivity index (χ3v) is 3.24. The molecule has 2 rings (SSSR count). The summed E-state index contributed by atoms with van der Waals surface area (Å²) in [4.78, 5) is 0. The predicted molar refractivity (Wildman–Crippen MR) is 78.0 cm³/mol. The average molecular weight is 254 g/mol. The highest BCUT2D eigenvalue weighted by molar-refractivity contribution is 7.98. The summed E-state index contributed by atoms with van der Waals surface area (Å²) in [6, 6.07) is 17.9. The molecule has 0 unspecified atom stereocenters. The highest BCUT2D eigenvalue weighted by Gasteiger charge is 1.98.